The molecule has 1 aromatic carbocycles. The molecule has 0 aliphatic carbocycles. The van der Waals surface area contributed by atoms with Crippen molar-refractivity contribution in [3.05, 3.63) is 35.4 Å². The van der Waals surface area contributed by atoms with Gasteiger partial charge < -0.3 is 5.32 Å². The third-order valence-electron chi connectivity index (χ3n) is 3.75. The van der Waals surface area contributed by atoms with Crippen LogP contribution in [0.5, 0.6) is 0 Å². The van der Waals surface area contributed by atoms with Crippen LogP contribution >= 0.6 is 0 Å². The molecule has 0 amide bonds. The van der Waals surface area contributed by atoms with E-state index in [-0.39, 0.29) is 0 Å². The van der Waals surface area contributed by atoms with Gasteiger partial charge in [-0.2, -0.15) is 0 Å². The van der Waals surface area contributed by atoms with E-state index in [0.29, 0.717) is 24.2 Å². The summed E-state index contributed by atoms with van der Waals surface area (Å²) in [6.07, 6.45) is 2.36. The fourth-order valence-electron chi connectivity index (χ4n) is 2.54. The third-order valence-corrected chi connectivity index (χ3v) is 3.75. The zero-order valence-corrected chi connectivity index (χ0v) is 11.6. The first-order chi connectivity index (χ1) is 9.08. The molecule has 1 saturated heterocycles. The third kappa shape index (κ3) is 3.74. The molecule has 4 heteroatoms. The molecule has 0 aromatic heterocycles. The van der Waals surface area contributed by atoms with Gasteiger partial charge in [-0.3, -0.25) is 4.90 Å². The van der Waals surface area contributed by atoms with Gasteiger partial charge in [0.2, 0.25) is 0 Å². The predicted octanol–water partition coefficient (Wildman–Crippen LogP) is 2.93. The van der Waals surface area contributed by atoms with Crippen molar-refractivity contribution in [2.45, 2.75) is 45.3 Å². The highest BCUT2D eigenvalue weighted by Gasteiger charge is 2.21. The number of halogens is 2. The smallest absolute Gasteiger partial charge is 0.163 e. The Balaban J connectivity index is 2.05. The fourth-order valence-corrected chi connectivity index (χ4v) is 2.54. The number of hydrogen-bond donors (Lipinski definition) is 1. The van der Waals surface area contributed by atoms with E-state index in [1.54, 1.807) is 12.1 Å². The van der Waals surface area contributed by atoms with Crippen molar-refractivity contribution in [3.8, 4) is 0 Å². The molecule has 2 rings (SSSR count). The van der Waals surface area contributed by atoms with Crippen molar-refractivity contribution in [2.24, 2.45) is 0 Å². The Morgan fingerprint density at radius 3 is 2.79 bits per heavy atom. The second-order valence-corrected chi connectivity index (χ2v) is 5.53. The molecule has 0 radical (unpaired) electrons. The number of rotatable bonds is 5. The quantitative estimate of drug-likeness (QED) is 0.883. The van der Waals surface area contributed by atoms with Gasteiger partial charge in [0.1, 0.15) is 0 Å². The summed E-state index contributed by atoms with van der Waals surface area (Å²) < 4.78 is 27.0. The van der Waals surface area contributed by atoms with E-state index in [9.17, 15) is 8.78 Å². The van der Waals surface area contributed by atoms with Crippen LogP contribution in [0.3, 0.4) is 0 Å². The van der Waals surface area contributed by atoms with Crippen molar-refractivity contribution >= 4 is 0 Å². The van der Waals surface area contributed by atoms with Crippen LogP contribution in [-0.4, -0.2) is 30.1 Å². The summed E-state index contributed by atoms with van der Waals surface area (Å²) in [5, 5.41) is 3.44. The van der Waals surface area contributed by atoms with Crippen LogP contribution in [0.4, 0.5) is 8.78 Å². The molecule has 1 fully saturated rings. The van der Waals surface area contributed by atoms with Gasteiger partial charge in [-0.1, -0.05) is 12.1 Å². The fraction of sp³-hybridized carbons (Fsp3) is 0.600. The average Bonchev–Trinajstić information content (AvgIpc) is 2.86. The zero-order chi connectivity index (χ0) is 13.8. The van der Waals surface area contributed by atoms with Gasteiger partial charge in [0.15, 0.2) is 11.6 Å². The van der Waals surface area contributed by atoms with Crippen molar-refractivity contribution in [1.82, 2.24) is 10.2 Å². The van der Waals surface area contributed by atoms with Crippen LogP contribution < -0.4 is 5.32 Å². The summed E-state index contributed by atoms with van der Waals surface area (Å²) in [6.45, 7) is 6.58. The molecule has 1 N–H and O–H groups in total. The number of benzene rings is 1. The maximum atomic E-state index is 13.7. The van der Waals surface area contributed by atoms with Gasteiger partial charge in [0.05, 0.1) is 0 Å². The summed E-state index contributed by atoms with van der Waals surface area (Å²) in [4.78, 5) is 2.20. The molecule has 1 heterocycles. The summed E-state index contributed by atoms with van der Waals surface area (Å²) >= 11 is 0. The first-order valence-electron chi connectivity index (χ1n) is 6.98. The van der Waals surface area contributed by atoms with Crippen LogP contribution in [0.15, 0.2) is 18.2 Å². The van der Waals surface area contributed by atoms with E-state index in [0.717, 1.165) is 25.6 Å². The average molecular weight is 268 g/mol. The minimum Gasteiger partial charge on any atom is -0.313 e. The predicted molar refractivity (Wildman–Crippen MR) is 72.9 cm³/mol. The molecule has 0 spiro atoms. The normalized spacial score (nSPS) is 19.6. The van der Waals surface area contributed by atoms with E-state index in [1.165, 1.54) is 6.42 Å². The van der Waals surface area contributed by atoms with E-state index in [1.807, 2.05) is 0 Å². The molecule has 0 bridgehead atoms. The Morgan fingerprint density at radius 1 is 1.37 bits per heavy atom. The minimum absolute atomic E-state index is 0.310. The second kappa shape index (κ2) is 6.44. The van der Waals surface area contributed by atoms with Crippen molar-refractivity contribution < 1.29 is 8.78 Å². The first kappa shape index (κ1) is 14.4. The van der Waals surface area contributed by atoms with Gasteiger partial charge in [-0.25, -0.2) is 8.78 Å². The van der Waals surface area contributed by atoms with Gasteiger partial charge in [0.25, 0.3) is 0 Å². The van der Waals surface area contributed by atoms with Gasteiger partial charge in [-0.15, -0.1) is 0 Å². The SMILES string of the molecule is CC(C)N(Cc1cccc(F)c1F)CC1CCCN1. The standard InChI is InChI=1S/C15H22F2N2/c1-11(2)19(10-13-6-4-8-18-13)9-12-5-3-7-14(16)15(12)17/h3,5,7,11,13,18H,4,6,8-10H2,1-2H3. The molecule has 1 atom stereocenters. The molecule has 106 valence electrons. The molecule has 1 aliphatic rings. The lowest BCUT2D eigenvalue weighted by molar-refractivity contribution is 0.191. The molecule has 2 nitrogen and oxygen atoms in total. The summed E-state index contributed by atoms with van der Waals surface area (Å²) in [7, 11) is 0. The number of nitrogens with one attached hydrogen (secondary N) is 1. The van der Waals surface area contributed by atoms with E-state index >= 15 is 0 Å². The Kier molecular flexibility index (Phi) is 4.88. The number of nitrogens with zero attached hydrogens (tertiary/aromatic N) is 1. The molecule has 1 aromatic rings. The zero-order valence-electron chi connectivity index (χ0n) is 11.6. The number of hydrogen-bond acceptors (Lipinski definition) is 2. The molecular formula is C15H22F2N2. The lowest BCUT2D eigenvalue weighted by Gasteiger charge is -2.29. The topological polar surface area (TPSA) is 15.3 Å². The lowest BCUT2D eigenvalue weighted by atomic mass is 10.1. The van der Waals surface area contributed by atoms with E-state index in [2.05, 4.69) is 24.1 Å². The van der Waals surface area contributed by atoms with Crippen molar-refractivity contribution in [2.75, 3.05) is 13.1 Å². The van der Waals surface area contributed by atoms with Crippen LogP contribution in [0.25, 0.3) is 0 Å². The molecule has 1 aliphatic heterocycles. The van der Waals surface area contributed by atoms with Gasteiger partial charge in [-0.05, 0) is 39.3 Å². The van der Waals surface area contributed by atoms with Gasteiger partial charge >= 0.3 is 0 Å². The first-order valence-corrected chi connectivity index (χ1v) is 6.98. The Hall–Kier alpha value is -1.00. The molecular weight excluding hydrogens is 246 g/mol. The highest BCUT2D eigenvalue weighted by Crippen LogP contribution is 2.17. The summed E-state index contributed by atoms with van der Waals surface area (Å²) in [6, 6.07) is 5.18. The molecule has 0 saturated carbocycles. The van der Waals surface area contributed by atoms with Crippen molar-refractivity contribution in [3.63, 3.8) is 0 Å². The van der Waals surface area contributed by atoms with Crippen LogP contribution in [0.2, 0.25) is 0 Å². The van der Waals surface area contributed by atoms with Crippen LogP contribution in [0.1, 0.15) is 32.3 Å². The van der Waals surface area contributed by atoms with Crippen LogP contribution in [-0.2, 0) is 6.54 Å². The van der Waals surface area contributed by atoms with E-state index < -0.39 is 11.6 Å². The second-order valence-electron chi connectivity index (χ2n) is 5.53. The van der Waals surface area contributed by atoms with E-state index in [4.69, 9.17) is 0 Å². The highest BCUT2D eigenvalue weighted by molar-refractivity contribution is 5.19. The Bertz CT molecular complexity index is 415. The summed E-state index contributed by atoms with van der Waals surface area (Å²) in [5.74, 6) is -1.48. The maximum Gasteiger partial charge on any atom is 0.163 e. The van der Waals surface area contributed by atoms with Crippen molar-refractivity contribution in [1.29, 1.82) is 0 Å². The van der Waals surface area contributed by atoms with Crippen LogP contribution in [0, 0.1) is 11.6 Å². The monoisotopic (exact) mass is 268 g/mol. The maximum absolute atomic E-state index is 13.7. The van der Waals surface area contributed by atoms with Gasteiger partial charge in [0, 0.05) is 30.7 Å². The minimum atomic E-state index is -0.764. The summed E-state index contributed by atoms with van der Waals surface area (Å²) in [5.41, 5.74) is 0.437. The lowest BCUT2D eigenvalue weighted by Crippen LogP contribution is -2.40. The highest BCUT2D eigenvalue weighted by atomic mass is 19.2. The molecule has 1 unspecified atom stereocenters. The largest absolute Gasteiger partial charge is 0.313 e. The molecule has 19 heavy (non-hydrogen) atoms. The Morgan fingerprint density at radius 2 is 2.16 bits per heavy atom. The Labute approximate surface area is 113 Å².